The lowest BCUT2D eigenvalue weighted by atomic mass is 9.94. The van der Waals surface area contributed by atoms with Crippen molar-refractivity contribution in [1.29, 1.82) is 0 Å². The van der Waals surface area contributed by atoms with Crippen molar-refractivity contribution in [3.8, 4) is 0 Å². The smallest absolute Gasteiger partial charge is 0.225 e. The van der Waals surface area contributed by atoms with Crippen LogP contribution >= 0.6 is 0 Å². The van der Waals surface area contributed by atoms with Crippen molar-refractivity contribution in [1.82, 2.24) is 9.97 Å². The van der Waals surface area contributed by atoms with Crippen LogP contribution in [0, 0.1) is 11.8 Å². The molecule has 2 heterocycles. The maximum atomic E-state index is 13.8. The van der Waals surface area contributed by atoms with E-state index in [1.807, 2.05) is 18.7 Å². The molecular formula is C12H18FN3O. The van der Waals surface area contributed by atoms with Gasteiger partial charge in [-0.2, -0.15) is 0 Å². The average molecular weight is 239 g/mol. The molecule has 0 aliphatic carbocycles. The zero-order valence-electron chi connectivity index (χ0n) is 10.2. The molecule has 4 nitrogen and oxygen atoms in total. The monoisotopic (exact) mass is 239 g/mol. The fourth-order valence-corrected chi connectivity index (χ4v) is 2.17. The second kappa shape index (κ2) is 4.96. The minimum atomic E-state index is -0.809. The predicted octanol–water partition coefficient (Wildman–Crippen LogP) is 1.40. The molecule has 2 atom stereocenters. The van der Waals surface area contributed by atoms with Crippen molar-refractivity contribution in [3.63, 3.8) is 0 Å². The van der Waals surface area contributed by atoms with Gasteiger partial charge in [-0.25, -0.2) is 14.4 Å². The van der Waals surface area contributed by atoms with Gasteiger partial charge in [0, 0.05) is 30.4 Å². The van der Waals surface area contributed by atoms with Gasteiger partial charge in [-0.05, 0) is 5.92 Å². The number of aromatic nitrogens is 2. The maximum absolute atomic E-state index is 13.8. The van der Waals surface area contributed by atoms with E-state index in [-0.39, 0.29) is 12.5 Å². The maximum Gasteiger partial charge on any atom is 0.225 e. The van der Waals surface area contributed by atoms with Gasteiger partial charge in [0.2, 0.25) is 5.95 Å². The number of halogens is 1. The minimum absolute atomic E-state index is 0.0520. The lowest BCUT2D eigenvalue weighted by molar-refractivity contribution is 0.234. The molecule has 0 radical (unpaired) electrons. The fraction of sp³-hybridized carbons (Fsp3) is 0.667. The minimum Gasteiger partial charge on any atom is -0.392 e. The van der Waals surface area contributed by atoms with E-state index in [0.717, 1.165) is 0 Å². The van der Waals surface area contributed by atoms with Crippen molar-refractivity contribution in [2.24, 2.45) is 11.8 Å². The first kappa shape index (κ1) is 12.2. The molecule has 0 spiro atoms. The Morgan fingerprint density at radius 1 is 1.41 bits per heavy atom. The number of hydrogen-bond acceptors (Lipinski definition) is 4. The molecule has 0 amide bonds. The number of alkyl halides is 1. The van der Waals surface area contributed by atoms with E-state index in [2.05, 4.69) is 9.97 Å². The largest absolute Gasteiger partial charge is 0.392 e. The van der Waals surface area contributed by atoms with Gasteiger partial charge >= 0.3 is 0 Å². The Morgan fingerprint density at radius 2 is 2.06 bits per heavy atom. The van der Waals surface area contributed by atoms with Crippen LogP contribution in [-0.4, -0.2) is 34.3 Å². The average Bonchev–Trinajstić information content (AvgIpc) is 2.71. The van der Waals surface area contributed by atoms with Crippen LogP contribution in [0.3, 0.4) is 0 Å². The third kappa shape index (κ3) is 2.54. The molecule has 1 saturated heterocycles. The van der Waals surface area contributed by atoms with Gasteiger partial charge < -0.3 is 10.0 Å². The van der Waals surface area contributed by atoms with Gasteiger partial charge in [0.05, 0.1) is 13.2 Å². The number of hydrogen-bond donors (Lipinski definition) is 1. The normalized spacial score (nSPS) is 24.6. The van der Waals surface area contributed by atoms with Crippen molar-refractivity contribution < 1.29 is 9.50 Å². The van der Waals surface area contributed by atoms with Gasteiger partial charge in [0.15, 0.2) is 0 Å². The summed E-state index contributed by atoms with van der Waals surface area (Å²) in [5.74, 6) is 0.927. The van der Waals surface area contributed by atoms with Crippen LogP contribution in [0.5, 0.6) is 0 Å². The second-order valence-electron chi connectivity index (χ2n) is 4.88. The molecule has 0 aromatic carbocycles. The molecule has 1 fully saturated rings. The van der Waals surface area contributed by atoms with E-state index in [1.54, 1.807) is 12.4 Å². The fourth-order valence-electron chi connectivity index (χ4n) is 2.17. The second-order valence-corrected chi connectivity index (χ2v) is 4.88. The first-order chi connectivity index (χ1) is 8.11. The molecule has 5 heteroatoms. The van der Waals surface area contributed by atoms with E-state index < -0.39 is 6.17 Å². The van der Waals surface area contributed by atoms with Gasteiger partial charge in [-0.15, -0.1) is 0 Å². The summed E-state index contributed by atoms with van der Waals surface area (Å²) in [5.41, 5.74) is 0.671. The Kier molecular flexibility index (Phi) is 3.57. The molecule has 0 bridgehead atoms. The van der Waals surface area contributed by atoms with Crippen LogP contribution in [0.4, 0.5) is 10.3 Å². The summed E-state index contributed by atoms with van der Waals surface area (Å²) in [6.45, 7) is 5.03. The van der Waals surface area contributed by atoms with E-state index >= 15 is 0 Å². The summed E-state index contributed by atoms with van der Waals surface area (Å²) < 4.78 is 13.8. The molecule has 1 aliphatic rings. The topological polar surface area (TPSA) is 49.2 Å². The first-order valence-electron chi connectivity index (χ1n) is 5.92. The third-order valence-electron chi connectivity index (χ3n) is 3.30. The quantitative estimate of drug-likeness (QED) is 0.866. The van der Waals surface area contributed by atoms with Crippen LogP contribution in [0.25, 0.3) is 0 Å². The highest BCUT2D eigenvalue weighted by atomic mass is 19.1. The molecular weight excluding hydrogens is 221 g/mol. The molecule has 1 N–H and O–H groups in total. The van der Waals surface area contributed by atoms with Crippen molar-refractivity contribution in [3.05, 3.63) is 18.0 Å². The Morgan fingerprint density at radius 3 is 2.53 bits per heavy atom. The summed E-state index contributed by atoms with van der Waals surface area (Å²) in [5, 5.41) is 8.90. The van der Waals surface area contributed by atoms with Crippen LogP contribution in [0.1, 0.15) is 19.4 Å². The van der Waals surface area contributed by atoms with Crippen molar-refractivity contribution in [2.75, 3.05) is 18.0 Å². The highest BCUT2D eigenvalue weighted by Crippen LogP contribution is 2.28. The lowest BCUT2D eigenvalue weighted by Gasteiger charge is -2.17. The first-order valence-corrected chi connectivity index (χ1v) is 5.92. The molecule has 17 heavy (non-hydrogen) atoms. The lowest BCUT2D eigenvalue weighted by Crippen LogP contribution is -2.23. The molecule has 1 aromatic heterocycles. The predicted molar refractivity (Wildman–Crippen MR) is 63.4 cm³/mol. The highest BCUT2D eigenvalue weighted by molar-refractivity contribution is 5.32. The van der Waals surface area contributed by atoms with Crippen LogP contribution < -0.4 is 4.90 Å². The summed E-state index contributed by atoms with van der Waals surface area (Å²) in [7, 11) is 0. The van der Waals surface area contributed by atoms with Gasteiger partial charge in [0.1, 0.15) is 6.17 Å². The summed E-state index contributed by atoms with van der Waals surface area (Å²) in [4.78, 5) is 10.2. The number of aliphatic hydroxyl groups excluding tert-OH is 1. The molecule has 1 aliphatic heterocycles. The highest BCUT2D eigenvalue weighted by Gasteiger charge is 2.35. The number of nitrogens with zero attached hydrogens (tertiary/aromatic N) is 3. The Hall–Kier alpha value is -1.23. The molecule has 1 aromatic rings. The zero-order chi connectivity index (χ0) is 12.4. The number of aliphatic hydroxyl groups is 1. The van der Waals surface area contributed by atoms with Gasteiger partial charge in [-0.3, -0.25) is 0 Å². The van der Waals surface area contributed by atoms with Crippen LogP contribution in [0.15, 0.2) is 12.4 Å². The summed E-state index contributed by atoms with van der Waals surface area (Å²) >= 11 is 0. The third-order valence-corrected chi connectivity index (χ3v) is 3.30. The Bertz CT molecular complexity index is 369. The molecule has 0 saturated carbocycles. The van der Waals surface area contributed by atoms with E-state index in [9.17, 15) is 4.39 Å². The molecule has 94 valence electrons. The van der Waals surface area contributed by atoms with Gasteiger partial charge in [0.25, 0.3) is 0 Å². The molecule has 0 unspecified atom stereocenters. The van der Waals surface area contributed by atoms with Crippen molar-refractivity contribution in [2.45, 2.75) is 26.6 Å². The van der Waals surface area contributed by atoms with Crippen molar-refractivity contribution >= 4 is 5.95 Å². The SMILES string of the molecule is CC(C)[C@@H]1CN(c2ncc(CO)cn2)C[C@@H]1F. The Labute approximate surface area is 101 Å². The number of rotatable bonds is 3. The van der Waals surface area contributed by atoms with E-state index in [4.69, 9.17) is 5.11 Å². The van der Waals surface area contributed by atoms with Crippen LogP contribution in [-0.2, 0) is 6.61 Å². The van der Waals surface area contributed by atoms with E-state index in [1.165, 1.54) is 0 Å². The summed E-state index contributed by atoms with van der Waals surface area (Å²) in [6, 6.07) is 0. The van der Waals surface area contributed by atoms with E-state index in [0.29, 0.717) is 30.5 Å². The Balaban J connectivity index is 2.08. The summed E-state index contributed by atoms with van der Waals surface area (Å²) in [6.07, 6.45) is 2.35. The number of anilines is 1. The van der Waals surface area contributed by atoms with Crippen LogP contribution in [0.2, 0.25) is 0 Å². The zero-order valence-corrected chi connectivity index (χ0v) is 10.2. The van der Waals surface area contributed by atoms with Gasteiger partial charge in [-0.1, -0.05) is 13.8 Å². The standard InChI is InChI=1S/C12H18FN3O/c1-8(2)10-5-16(6-11(10)13)12-14-3-9(7-17)4-15-12/h3-4,8,10-11,17H,5-7H2,1-2H3/t10-,11-/m0/s1. The molecule has 2 rings (SSSR count).